The number of nitrogens with two attached hydrogens (primary N) is 1. The minimum Gasteiger partial charge on any atom is -0.384 e. The maximum Gasteiger partial charge on any atom is 0.261 e. The molecule has 2 N–H and O–H groups in total. The smallest absolute Gasteiger partial charge is 0.261 e. The van der Waals surface area contributed by atoms with Gasteiger partial charge in [0.25, 0.3) is 6.43 Å². The van der Waals surface area contributed by atoms with Crippen molar-refractivity contribution in [3.8, 4) is 0 Å². The summed E-state index contributed by atoms with van der Waals surface area (Å²) in [7, 11) is 1.55. The van der Waals surface area contributed by atoms with Gasteiger partial charge in [-0.25, -0.2) is 18.7 Å². The standard InChI is InChI=1S/C10H15F2N3O2/c1-16-5-7-4-9(13)15-10(14-7)2-3-17-6-8(11)12/h4,8H,2-3,5-6H2,1H3,(H2,13,14,15). The van der Waals surface area contributed by atoms with Crippen LogP contribution in [-0.4, -0.2) is 36.7 Å². The van der Waals surface area contributed by atoms with Gasteiger partial charge in [0.1, 0.15) is 18.2 Å². The Hall–Kier alpha value is -1.34. The molecule has 0 aliphatic heterocycles. The van der Waals surface area contributed by atoms with Gasteiger partial charge in [-0.3, -0.25) is 0 Å². The predicted molar refractivity (Wildman–Crippen MR) is 57.7 cm³/mol. The van der Waals surface area contributed by atoms with Crippen molar-refractivity contribution in [2.75, 3.05) is 26.1 Å². The lowest BCUT2D eigenvalue weighted by atomic mass is 10.3. The summed E-state index contributed by atoms with van der Waals surface area (Å²) in [6.45, 7) is -0.106. The second kappa shape index (κ2) is 7.08. The first-order valence-electron chi connectivity index (χ1n) is 5.09. The summed E-state index contributed by atoms with van der Waals surface area (Å²) in [4.78, 5) is 8.13. The lowest BCUT2D eigenvalue weighted by molar-refractivity contribution is 0.0182. The van der Waals surface area contributed by atoms with Gasteiger partial charge in [-0.05, 0) is 0 Å². The van der Waals surface area contributed by atoms with Gasteiger partial charge in [0.2, 0.25) is 0 Å². The van der Waals surface area contributed by atoms with Crippen LogP contribution in [0.4, 0.5) is 14.6 Å². The maximum atomic E-state index is 11.8. The number of aromatic nitrogens is 2. The zero-order chi connectivity index (χ0) is 12.7. The van der Waals surface area contributed by atoms with Gasteiger partial charge >= 0.3 is 0 Å². The van der Waals surface area contributed by atoms with Gasteiger partial charge in [0.15, 0.2) is 0 Å². The molecule has 0 amide bonds. The zero-order valence-corrected chi connectivity index (χ0v) is 9.53. The van der Waals surface area contributed by atoms with Crippen molar-refractivity contribution in [1.82, 2.24) is 9.97 Å². The molecule has 0 fully saturated rings. The van der Waals surface area contributed by atoms with Gasteiger partial charge in [-0.1, -0.05) is 0 Å². The fourth-order valence-electron chi connectivity index (χ4n) is 1.24. The third-order valence-electron chi connectivity index (χ3n) is 1.85. The second-order valence-corrected chi connectivity index (χ2v) is 3.35. The third kappa shape index (κ3) is 5.50. The molecular formula is C10H15F2N3O2. The van der Waals surface area contributed by atoms with Gasteiger partial charge in [0, 0.05) is 19.6 Å². The van der Waals surface area contributed by atoms with Crippen LogP contribution >= 0.6 is 0 Å². The first-order valence-corrected chi connectivity index (χ1v) is 5.09. The van der Waals surface area contributed by atoms with Crippen molar-refractivity contribution < 1.29 is 18.3 Å². The van der Waals surface area contributed by atoms with Crippen molar-refractivity contribution >= 4 is 5.82 Å². The summed E-state index contributed by atoms with van der Waals surface area (Å²) in [5.74, 6) is 0.794. The Bertz CT molecular complexity index is 350. The van der Waals surface area contributed by atoms with E-state index in [-0.39, 0.29) is 6.61 Å². The summed E-state index contributed by atoms with van der Waals surface area (Å²) in [6, 6.07) is 1.60. The Labute approximate surface area is 98.0 Å². The van der Waals surface area contributed by atoms with Crippen LogP contribution in [0.25, 0.3) is 0 Å². The normalized spacial score (nSPS) is 11.1. The maximum absolute atomic E-state index is 11.8. The van der Waals surface area contributed by atoms with E-state index in [0.29, 0.717) is 30.4 Å². The molecule has 17 heavy (non-hydrogen) atoms. The summed E-state index contributed by atoms with van der Waals surface area (Å²) in [5, 5.41) is 0. The van der Waals surface area contributed by atoms with Crippen LogP contribution in [-0.2, 0) is 22.5 Å². The molecule has 0 bridgehead atoms. The van der Waals surface area contributed by atoms with Crippen LogP contribution in [0.15, 0.2) is 6.07 Å². The number of anilines is 1. The van der Waals surface area contributed by atoms with Crippen molar-refractivity contribution in [2.24, 2.45) is 0 Å². The van der Waals surface area contributed by atoms with E-state index < -0.39 is 13.0 Å². The number of nitrogen functional groups attached to an aromatic ring is 1. The van der Waals surface area contributed by atoms with E-state index in [1.54, 1.807) is 13.2 Å². The molecule has 0 aliphatic carbocycles. The second-order valence-electron chi connectivity index (χ2n) is 3.35. The number of halogens is 2. The number of ether oxygens (including phenoxy) is 2. The fraction of sp³-hybridized carbons (Fsp3) is 0.600. The molecule has 96 valence electrons. The quantitative estimate of drug-likeness (QED) is 0.729. The molecule has 0 aromatic carbocycles. The lowest BCUT2D eigenvalue weighted by Crippen LogP contribution is -2.10. The first kappa shape index (κ1) is 13.7. The lowest BCUT2D eigenvalue weighted by Gasteiger charge is -2.06. The van der Waals surface area contributed by atoms with Gasteiger partial charge in [-0.15, -0.1) is 0 Å². The molecule has 0 unspecified atom stereocenters. The van der Waals surface area contributed by atoms with Gasteiger partial charge in [0.05, 0.1) is 18.9 Å². The van der Waals surface area contributed by atoms with Crippen molar-refractivity contribution in [3.63, 3.8) is 0 Å². The molecule has 1 heterocycles. The van der Waals surface area contributed by atoms with Crippen LogP contribution in [0.3, 0.4) is 0 Å². The molecule has 0 saturated heterocycles. The fourth-order valence-corrected chi connectivity index (χ4v) is 1.24. The minimum absolute atomic E-state index is 0.139. The van der Waals surface area contributed by atoms with Crippen LogP contribution < -0.4 is 5.73 Å². The highest BCUT2D eigenvalue weighted by Gasteiger charge is 2.05. The summed E-state index contributed by atoms with van der Waals surface area (Å²) in [5.41, 5.74) is 6.23. The van der Waals surface area contributed by atoms with Crippen LogP contribution in [0.2, 0.25) is 0 Å². The van der Waals surface area contributed by atoms with E-state index in [1.165, 1.54) is 0 Å². The van der Waals surface area contributed by atoms with Crippen molar-refractivity contribution in [3.05, 3.63) is 17.6 Å². The SMILES string of the molecule is COCc1cc(N)nc(CCOCC(F)F)n1. The first-order chi connectivity index (χ1) is 8.11. The molecule has 1 aromatic rings. The van der Waals surface area contributed by atoms with E-state index in [9.17, 15) is 8.78 Å². The number of nitrogens with zero attached hydrogens (tertiary/aromatic N) is 2. The van der Waals surface area contributed by atoms with Crippen molar-refractivity contribution in [2.45, 2.75) is 19.5 Å². The van der Waals surface area contributed by atoms with Crippen LogP contribution in [0.1, 0.15) is 11.5 Å². The molecule has 0 spiro atoms. The van der Waals surface area contributed by atoms with Crippen molar-refractivity contribution in [1.29, 1.82) is 0 Å². The number of methoxy groups -OCH3 is 1. The van der Waals surface area contributed by atoms with Crippen LogP contribution in [0, 0.1) is 0 Å². The Balaban J connectivity index is 2.46. The molecule has 0 radical (unpaired) electrons. The average molecular weight is 247 g/mol. The molecular weight excluding hydrogens is 232 g/mol. The minimum atomic E-state index is -2.46. The van der Waals surface area contributed by atoms with E-state index >= 15 is 0 Å². The largest absolute Gasteiger partial charge is 0.384 e. The summed E-state index contributed by atoms with van der Waals surface area (Å²) < 4.78 is 33.2. The number of hydrogen-bond acceptors (Lipinski definition) is 5. The van der Waals surface area contributed by atoms with Crippen LogP contribution in [0.5, 0.6) is 0 Å². The number of alkyl halides is 2. The van der Waals surface area contributed by atoms with E-state index in [4.69, 9.17) is 15.2 Å². The third-order valence-corrected chi connectivity index (χ3v) is 1.85. The monoisotopic (exact) mass is 247 g/mol. The number of rotatable bonds is 7. The number of hydrogen-bond donors (Lipinski definition) is 1. The molecule has 1 rings (SSSR count). The molecule has 7 heteroatoms. The van der Waals surface area contributed by atoms with Gasteiger partial charge < -0.3 is 15.2 Å². The van der Waals surface area contributed by atoms with E-state index in [1.807, 2.05) is 0 Å². The highest BCUT2D eigenvalue weighted by molar-refractivity contribution is 5.29. The highest BCUT2D eigenvalue weighted by atomic mass is 19.3. The predicted octanol–water partition coefficient (Wildman–Crippen LogP) is 1.03. The Morgan fingerprint density at radius 3 is 2.82 bits per heavy atom. The summed E-state index contributed by atoms with van der Waals surface area (Å²) in [6.07, 6.45) is -2.12. The molecule has 0 atom stereocenters. The highest BCUT2D eigenvalue weighted by Crippen LogP contribution is 2.05. The molecule has 0 aliphatic rings. The zero-order valence-electron chi connectivity index (χ0n) is 9.53. The van der Waals surface area contributed by atoms with E-state index in [0.717, 1.165) is 0 Å². The molecule has 0 saturated carbocycles. The average Bonchev–Trinajstić information content (AvgIpc) is 2.24. The summed E-state index contributed by atoms with van der Waals surface area (Å²) >= 11 is 0. The molecule has 5 nitrogen and oxygen atoms in total. The van der Waals surface area contributed by atoms with E-state index in [2.05, 4.69) is 9.97 Å². The topological polar surface area (TPSA) is 70.3 Å². The molecule has 1 aromatic heterocycles. The Morgan fingerprint density at radius 1 is 1.41 bits per heavy atom. The Morgan fingerprint density at radius 2 is 2.18 bits per heavy atom. The Kier molecular flexibility index (Phi) is 5.71. The van der Waals surface area contributed by atoms with Gasteiger partial charge in [-0.2, -0.15) is 0 Å².